The molecule has 0 unspecified atom stereocenters. The molecule has 1 rings (SSSR count). The van der Waals surface area contributed by atoms with Gasteiger partial charge in [0, 0.05) is 30.7 Å². The first kappa shape index (κ1) is 13.7. The molecule has 17 heavy (non-hydrogen) atoms. The SMILES string of the molecule is Cn1cc(Br)cc1C(=O)N[C@H](CCO)C(=O)O. The predicted molar refractivity (Wildman–Crippen MR) is 63.7 cm³/mol. The zero-order chi connectivity index (χ0) is 13.0. The number of hydrogen-bond acceptors (Lipinski definition) is 3. The Morgan fingerprint density at radius 2 is 2.24 bits per heavy atom. The number of halogens is 1. The minimum absolute atomic E-state index is 0.0212. The highest BCUT2D eigenvalue weighted by Crippen LogP contribution is 2.13. The van der Waals surface area contributed by atoms with Gasteiger partial charge in [0.05, 0.1) is 0 Å². The molecule has 1 heterocycles. The van der Waals surface area contributed by atoms with Gasteiger partial charge in [0.2, 0.25) is 0 Å². The zero-order valence-electron chi connectivity index (χ0n) is 9.18. The molecule has 1 amide bonds. The van der Waals surface area contributed by atoms with Crippen molar-refractivity contribution in [2.45, 2.75) is 12.5 Å². The fourth-order valence-corrected chi connectivity index (χ4v) is 1.89. The van der Waals surface area contributed by atoms with Crippen molar-refractivity contribution in [2.24, 2.45) is 7.05 Å². The van der Waals surface area contributed by atoms with Crippen molar-refractivity contribution >= 4 is 27.8 Å². The number of carbonyl (C=O) groups is 2. The molecule has 3 N–H and O–H groups in total. The Hall–Kier alpha value is -1.34. The number of aromatic nitrogens is 1. The molecule has 0 aromatic carbocycles. The first-order chi connectivity index (χ1) is 7.95. The Kier molecular flexibility index (Phi) is 4.71. The summed E-state index contributed by atoms with van der Waals surface area (Å²) in [6.07, 6.45) is 1.67. The number of carboxylic acids is 1. The van der Waals surface area contributed by atoms with Gasteiger partial charge in [-0.3, -0.25) is 4.79 Å². The lowest BCUT2D eigenvalue weighted by Crippen LogP contribution is -2.41. The largest absolute Gasteiger partial charge is 0.480 e. The number of nitrogens with zero attached hydrogens (tertiary/aromatic N) is 1. The van der Waals surface area contributed by atoms with Gasteiger partial charge in [0.1, 0.15) is 11.7 Å². The van der Waals surface area contributed by atoms with Crippen LogP contribution in [-0.2, 0) is 11.8 Å². The van der Waals surface area contributed by atoms with Gasteiger partial charge in [-0.2, -0.15) is 0 Å². The summed E-state index contributed by atoms with van der Waals surface area (Å²) in [4.78, 5) is 22.6. The maximum Gasteiger partial charge on any atom is 0.326 e. The Morgan fingerprint density at radius 1 is 1.59 bits per heavy atom. The van der Waals surface area contributed by atoms with Crippen molar-refractivity contribution in [1.82, 2.24) is 9.88 Å². The molecule has 0 saturated carbocycles. The van der Waals surface area contributed by atoms with Crippen LogP contribution in [0.3, 0.4) is 0 Å². The van der Waals surface area contributed by atoms with E-state index in [-0.39, 0.29) is 13.0 Å². The summed E-state index contributed by atoms with van der Waals surface area (Å²) < 4.78 is 2.32. The summed E-state index contributed by atoms with van der Waals surface area (Å²) in [5.41, 5.74) is 0.348. The van der Waals surface area contributed by atoms with Crippen molar-refractivity contribution in [1.29, 1.82) is 0 Å². The molecule has 7 heteroatoms. The van der Waals surface area contributed by atoms with Gasteiger partial charge in [0.15, 0.2) is 0 Å². The second-order valence-corrected chi connectivity index (χ2v) is 4.45. The quantitative estimate of drug-likeness (QED) is 0.732. The lowest BCUT2D eigenvalue weighted by atomic mass is 10.2. The molecule has 6 nitrogen and oxygen atoms in total. The van der Waals surface area contributed by atoms with Crippen LogP contribution in [0, 0.1) is 0 Å². The first-order valence-corrected chi connectivity index (χ1v) is 5.71. The van der Waals surface area contributed by atoms with E-state index < -0.39 is 17.9 Å². The molecule has 0 fully saturated rings. The normalized spacial score (nSPS) is 12.2. The van der Waals surface area contributed by atoms with Gasteiger partial charge < -0.3 is 20.1 Å². The van der Waals surface area contributed by atoms with E-state index in [9.17, 15) is 9.59 Å². The predicted octanol–water partition coefficient (Wildman–Crippen LogP) is 0.353. The summed E-state index contributed by atoms with van der Waals surface area (Å²) in [6.45, 7) is -0.298. The van der Waals surface area contributed by atoms with Crippen LogP contribution in [0.4, 0.5) is 0 Å². The summed E-state index contributed by atoms with van der Waals surface area (Å²) in [6, 6.07) is 0.508. The summed E-state index contributed by atoms with van der Waals surface area (Å²) in [5, 5.41) is 19.9. The number of aryl methyl sites for hydroxylation is 1. The molecule has 94 valence electrons. The van der Waals surface area contributed by atoms with Crippen molar-refractivity contribution in [3.63, 3.8) is 0 Å². The monoisotopic (exact) mass is 304 g/mol. The second-order valence-electron chi connectivity index (χ2n) is 3.53. The van der Waals surface area contributed by atoms with Gasteiger partial charge >= 0.3 is 5.97 Å². The van der Waals surface area contributed by atoms with E-state index >= 15 is 0 Å². The van der Waals surface area contributed by atoms with E-state index in [0.717, 1.165) is 4.47 Å². The van der Waals surface area contributed by atoms with Crippen LogP contribution < -0.4 is 5.32 Å². The van der Waals surface area contributed by atoms with Gasteiger partial charge in [-0.15, -0.1) is 0 Å². The van der Waals surface area contributed by atoms with Crippen LogP contribution in [-0.4, -0.2) is 39.3 Å². The number of nitrogens with one attached hydrogen (secondary N) is 1. The van der Waals surface area contributed by atoms with Gasteiger partial charge in [-0.25, -0.2) is 4.79 Å². The second kappa shape index (κ2) is 5.83. The van der Waals surface area contributed by atoms with E-state index in [2.05, 4.69) is 21.2 Å². The number of carboxylic acid groups (broad SMARTS) is 1. The van der Waals surface area contributed by atoms with Gasteiger partial charge in [0.25, 0.3) is 5.91 Å². The molecule has 0 bridgehead atoms. The lowest BCUT2D eigenvalue weighted by Gasteiger charge is -2.13. The third-order valence-corrected chi connectivity index (χ3v) is 2.66. The zero-order valence-corrected chi connectivity index (χ0v) is 10.8. The van der Waals surface area contributed by atoms with E-state index in [1.807, 2.05) is 0 Å². The van der Waals surface area contributed by atoms with Gasteiger partial charge in [-0.1, -0.05) is 0 Å². The average molecular weight is 305 g/mol. The highest BCUT2D eigenvalue weighted by molar-refractivity contribution is 9.10. The van der Waals surface area contributed by atoms with Crippen molar-refractivity contribution < 1.29 is 19.8 Å². The number of rotatable bonds is 5. The Morgan fingerprint density at radius 3 is 2.65 bits per heavy atom. The molecular formula is C10H13BrN2O4. The van der Waals surface area contributed by atoms with Crippen LogP contribution in [0.1, 0.15) is 16.9 Å². The summed E-state index contributed by atoms with van der Waals surface area (Å²) in [7, 11) is 1.68. The third kappa shape index (κ3) is 3.57. The average Bonchev–Trinajstić information content (AvgIpc) is 2.57. The van der Waals surface area contributed by atoms with E-state index in [0.29, 0.717) is 5.69 Å². The third-order valence-electron chi connectivity index (χ3n) is 2.23. The van der Waals surface area contributed by atoms with Crippen molar-refractivity contribution in [3.8, 4) is 0 Å². The smallest absolute Gasteiger partial charge is 0.326 e. The molecule has 0 saturated heterocycles. The number of aliphatic hydroxyl groups is 1. The van der Waals surface area contributed by atoms with Crippen LogP contribution in [0.2, 0.25) is 0 Å². The Balaban J connectivity index is 2.77. The maximum atomic E-state index is 11.8. The number of carbonyl (C=O) groups excluding carboxylic acids is 1. The van der Waals surface area contributed by atoms with Crippen molar-refractivity contribution in [3.05, 3.63) is 22.4 Å². The molecule has 0 aliphatic rings. The summed E-state index contributed by atoms with van der Waals surface area (Å²) in [5.74, 6) is -1.65. The molecule has 1 atom stereocenters. The topological polar surface area (TPSA) is 91.6 Å². The minimum atomic E-state index is -1.17. The number of hydrogen-bond donors (Lipinski definition) is 3. The number of aliphatic carboxylic acids is 1. The van der Waals surface area contributed by atoms with Gasteiger partial charge in [-0.05, 0) is 22.0 Å². The standard InChI is InChI=1S/C10H13BrN2O4/c1-13-5-6(11)4-8(13)9(15)12-7(2-3-14)10(16)17/h4-5,7,14H,2-3H2,1H3,(H,12,15)(H,16,17)/t7-/m1/s1. The minimum Gasteiger partial charge on any atom is -0.480 e. The molecule has 1 aromatic heterocycles. The molecule has 1 aromatic rings. The lowest BCUT2D eigenvalue weighted by molar-refractivity contribution is -0.139. The Bertz CT molecular complexity index is 430. The highest BCUT2D eigenvalue weighted by Gasteiger charge is 2.21. The summed E-state index contributed by atoms with van der Waals surface area (Å²) >= 11 is 3.22. The molecule has 0 aliphatic carbocycles. The van der Waals surface area contributed by atoms with Crippen molar-refractivity contribution in [2.75, 3.05) is 6.61 Å². The number of aliphatic hydroxyl groups excluding tert-OH is 1. The molecule has 0 aliphatic heterocycles. The van der Waals surface area contributed by atoms with Crippen LogP contribution in [0.5, 0.6) is 0 Å². The number of amides is 1. The maximum absolute atomic E-state index is 11.8. The van der Waals surface area contributed by atoms with Crippen LogP contribution >= 0.6 is 15.9 Å². The highest BCUT2D eigenvalue weighted by atomic mass is 79.9. The Labute approximate surface area is 106 Å². The molecule has 0 spiro atoms. The fourth-order valence-electron chi connectivity index (χ4n) is 1.37. The molecular weight excluding hydrogens is 292 g/mol. The van der Waals surface area contributed by atoms with Crippen LogP contribution in [0.15, 0.2) is 16.7 Å². The van der Waals surface area contributed by atoms with E-state index in [4.69, 9.17) is 10.2 Å². The van der Waals surface area contributed by atoms with E-state index in [1.54, 1.807) is 23.9 Å². The first-order valence-electron chi connectivity index (χ1n) is 4.92. The fraction of sp³-hybridized carbons (Fsp3) is 0.400. The van der Waals surface area contributed by atoms with Crippen LogP contribution in [0.25, 0.3) is 0 Å². The van der Waals surface area contributed by atoms with E-state index in [1.165, 1.54) is 0 Å². The molecule has 0 radical (unpaired) electrons.